The monoisotopic (exact) mass is 409 g/mol. The van der Waals surface area contributed by atoms with Crippen molar-refractivity contribution in [2.45, 2.75) is 13.0 Å². The fourth-order valence-corrected chi connectivity index (χ4v) is 2.33. The van der Waals surface area contributed by atoms with Crippen LogP contribution in [0, 0.1) is 10.1 Å². The fraction of sp³-hybridized carbons (Fsp3) is 0.118. The molecule has 0 aliphatic carbocycles. The van der Waals surface area contributed by atoms with Crippen LogP contribution in [0.4, 0.5) is 11.5 Å². The molecule has 2 aromatic rings. The number of carbonyl (C=O) groups excluding carboxylic acids is 2. The highest BCUT2D eigenvalue weighted by atomic mass is 35.5. The van der Waals surface area contributed by atoms with Crippen LogP contribution in [-0.4, -0.2) is 27.9 Å². The molecular formula is C17H13Cl2N3O5. The molecule has 140 valence electrons. The van der Waals surface area contributed by atoms with E-state index >= 15 is 0 Å². The summed E-state index contributed by atoms with van der Waals surface area (Å²) < 4.78 is 4.98. The lowest BCUT2D eigenvalue weighted by Gasteiger charge is -2.12. The molecule has 1 aromatic heterocycles. The Bertz CT molecular complexity index is 917. The highest BCUT2D eigenvalue weighted by molar-refractivity contribution is 6.36. The molecule has 1 amide bonds. The van der Waals surface area contributed by atoms with Crippen LogP contribution in [0.1, 0.15) is 12.5 Å². The van der Waals surface area contributed by atoms with Crippen molar-refractivity contribution >= 4 is 52.7 Å². The number of halogens is 2. The Morgan fingerprint density at radius 1 is 1.33 bits per heavy atom. The van der Waals surface area contributed by atoms with Crippen molar-refractivity contribution < 1.29 is 19.2 Å². The second-order valence-electron chi connectivity index (χ2n) is 5.24. The van der Waals surface area contributed by atoms with Crippen LogP contribution < -0.4 is 5.32 Å². The van der Waals surface area contributed by atoms with Gasteiger partial charge in [0.1, 0.15) is 0 Å². The van der Waals surface area contributed by atoms with Crippen LogP contribution in [0.2, 0.25) is 10.0 Å². The van der Waals surface area contributed by atoms with Gasteiger partial charge in [-0.3, -0.25) is 14.9 Å². The van der Waals surface area contributed by atoms with E-state index in [4.69, 9.17) is 27.9 Å². The second kappa shape index (κ2) is 9.11. The first-order valence-electron chi connectivity index (χ1n) is 7.51. The van der Waals surface area contributed by atoms with Gasteiger partial charge in [-0.15, -0.1) is 0 Å². The van der Waals surface area contributed by atoms with E-state index in [1.165, 1.54) is 43.5 Å². The van der Waals surface area contributed by atoms with Crippen molar-refractivity contribution in [2.75, 3.05) is 5.32 Å². The predicted molar refractivity (Wildman–Crippen MR) is 101 cm³/mol. The molecule has 1 N–H and O–H groups in total. The van der Waals surface area contributed by atoms with Gasteiger partial charge in [-0.05, 0) is 24.6 Å². The first kappa shape index (κ1) is 20.3. The molecule has 0 bridgehead atoms. The van der Waals surface area contributed by atoms with E-state index in [1.54, 1.807) is 6.07 Å². The number of hydrogen-bond acceptors (Lipinski definition) is 6. The summed E-state index contributed by atoms with van der Waals surface area (Å²) in [5.74, 6) is -1.34. The summed E-state index contributed by atoms with van der Waals surface area (Å²) >= 11 is 11.6. The Labute approximate surface area is 163 Å². The Morgan fingerprint density at radius 3 is 2.74 bits per heavy atom. The van der Waals surface area contributed by atoms with E-state index < -0.39 is 22.9 Å². The fourth-order valence-electron chi connectivity index (χ4n) is 1.90. The maximum absolute atomic E-state index is 12.1. The van der Waals surface area contributed by atoms with Gasteiger partial charge < -0.3 is 10.1 Å². The average Bonchev–Trinajstić information content (AvgIpc) is 2.62. The first-order chi connectivity index (χ1) is 12.8. The number of nitrogens with one attached hydrogen (secondary N) is 1. The molecule has 1 aromatic carbocycles. The summed E-state index contributed by atoms with van der Waals surface area (Å²) in [5.41, 5.74) is 0.334. The highest BCUT2D eigenvalue weighted by Gasteiger charge is 2.18. The number of benzene rings is 1. The zero-order valence-electron chi connectivity index (χ0n) is 13.9. The van der Waals surface area contributed by atoms with Gasteiger partial charge in [0, 0.05) is 24.4 Å². The first-order valence-corrected chi connectivity index (χ1v) is 8.27. The molecule has 0 aliphatic heterocycles. The molecule has 0 aliphatic rings. The van der Waals surface area contributed by atoms with E-state index in [0.29, 0.717) is 10.6 Å². The number of non-ortho nitro benzene ring substituents is 1. The lowest BCUT2D eigenvalue weighted by atomic mass is 10.2. The minimum Gasteiger partial charge on any atom is -0.449 e. The summed E-state index contributed by atoms with van der Waals surface area (Å²) in [6.07, 6.45) is 2.59. The van der Waals surface area contributed by atoms with Crippen LogP contribution in [0.25, 0.3) is 6.08 Å². The van der Waals surface area contributed by atoms with Gasteiger partial charge >= 0.3 is 5.97 Å². The Morgan fingerprint density at radius 2 is 2.07 bits per heavy atom. The van der Waals surface area contributed by atoms with Gasteiger partial charge in [0.25, 0.3) is 11.6 Å². The number of carbonyl (C=O) groups is 2. The number of aromatic nitrogens is 1. The molecule has 0 fully saturated rings. The van der Waals surface area contributed by atoms with Crippen molar-refractivity contribution in [3.05, 3.63) is 68.3 Å². The maximum Gasteiger partial charge on any atom is 0.331 e. The van der Waals surface area contributed by atoms with Crippen LogP contribution in [0.5, 0.6) is 0 Å². The molecule has 1 heterocycles. The zero-order chi connectivity index (χ0) is 20.0. The third kappa shape index (κ3) is 6.05. The van der Waals surface area contributed by atoms with E-state index in [2.05, 4.69) is 10.3 Å². The molecule has 2 rings (SSSR count). The summed E-state index contributed by atoms with van der Waals surface area (Å²) in [5, 5.41) is 13.6. The van der Waals surface area contributed by atoms with Gasteiger partial charge in [-0.25, -0.2) is 9.78 Å². The maximum atomic E-state index is 12.1. The van der Waals surface area contributed by atoms with Crippen LogP contribution in [0.3, 0.4) is 0 Å². The number of rotatable bonds is 6. The van der Waals surface area contributed by atoms with Crippen molar-refractivity contribution in [2.24, 2.45) is 0 Å². The topological polar surface area (TPSA) is 111 Å². The number of hydrogen-bond donors (Lipinski definition) is 1. The van der Waals surface area contributed by atoms with E-state index in [-0.39, 0.29) is 16.5 Å². The number of nitro groups is 1. The number of pyridine rings is 1. The second-order valence-corrected chi connectivity index (χ2v) is 6.08. The van der Waals surface area contributed by atoms with Crippen LogP contribution in [-0.2, 0) is 14.3 Å². The van der Waals surface area contributed by atoms with Gasteiger partial charge in [0.2, 0.25) is 0 Å². The van der Waals surface area contributed by atoms with Gasteiger partial charge in [-0.1, -0.05) is 35.3 Å². The van der Waals surface area contributed by atoms with Crippen molar-refractivity contribution in [3.8, 4) is 0 Å². The largest absolute Gasteiger partial charge is 0.449 e. The van der Waals surface area contributed by atoms with Gasteiger partial charge in [0.05, 0.1) is 15.0 Å². The number of anilines is 1. The van der Waals surface area contributed by atoms with E-state index in [1.807, 2.05) is 0 Å². The summed E-state index contributed by atoms with van der Waals surface area (Å²) in [6.45, 7) is 1.37. The third-order valence-corrected chi connectivity index (χ3v) is 3.70. The summed E-state index contributed by atoms with van der Waals surface area (Å²) in [4.78, 5) is 37.9. The molecule has 27 heavy (non-hydrogen) atoms. The number of ether oxygens (including phenoxy) is 1. The number of nitro benzene ring substituents is 1. The third-order valence-electron chi connectivity index (χ3n) is 3.20. The minimum absolute atomic E-state index is 0.0844. The normalized spacial score (nSPS) is 11.8. The lowest BCUT2D eigenvalue weighted by molar-refractivity contribution is -0.384. The number of esters is 1. The highest BCUT2D eigenvalue weighted by Crippen LogP contribution is 2.22. The number of amides is 1. The van der Waals surface area contributed by atoms with Gasteiger partial charge in [0.15, 0.2) is 11.9 Å². The minimum atomic E-state index is -1.12. The zero-order valence-corrected chi connectivity index (χ0v) is 15.4. The molecule has 0 saturated heterocycles. The van der Waals surface area contributed by atoms with Crippen molar-refractivity contribution in [3.63, 3.8) is 0 Å². The summed E-state index contributed by atoms with van der Waals surface area (Å²) in [6, 6.07) is 7.11. The Balaban J connectivity index is 1.95. The molecule has 0 radical (unpaired) electrons. The van der Waals surface area contributed by atoms with Gasteiger partial charge in [-0.2, -0.15) is 0 Å². The molecule has 0 spiro atoms. The predicted octanol–water partition coefficient (Wildman–Crippen LogP) is 3.88. The average molecular weight is 410 g/mol. The van der Waals surface area contributed by atoms with Crippen LogP contribution >= 0.6 is 23.2 Å². The Hall–Kier alpha value is -2.97. The molecule has 0 saturated carbocycles. The van der Waals surface area contributed by atoms with E-state index in [9.17, 15) is 19.7 Å². The van der Waals surface area contributed by atoms with Crippen molar-refractivity contribution in [1.29, 1.82) is 0 Å². The van der Waals surface area contributed by atoms with E-state index in [0.717, 1.165) is 6.08 Å². The standard InChI is InChI=1S/C17H13Cl2N3O5/c1-10(17(24)21-16-14(19)8-12(18)9-20-16)27-15(23)6-5-11-3-2-4-13(7-11)22(25)26/h2-10H,1H3,(H,20,21,24)/b6-5+/t10-/m1/s1. The molecule has 8 nitrogen and oxygen atoms in total. The quantitative estimate of drug-likeness (QED) is 0.335. The smallest absolute Gasteiger partial charge is 0.331 e. The SMILES string of the molecule is C[C@@H](OC(=O)/C=C/c1cccc([N+](=O)[O-])c1)C(=O)Nc1ncc(Cl)cc1Cl. The molecule has 10 heteroatoms. The molecule has 1 atom stereocenters. The van der Waals surface area contributed by atoms with Crippen LogP contribution in [0.15, 0.2) is 42.6 Å². The molecule has 0 unspecified atom stereocenters. The summed E-state index contributed by atoms with van der Waals surface area (Å²) in [7, 11) is 0. The lowest BCUT2D eigenvalue weighted by Crippen LogP contribution is -2.29. The number of nitrogens with zero attached hydrogens (tertiary/aromatic N) is 2. The van der Waals surface area contributed by atoms with Crippen molar-refractivity contribution in [1.82, 2.24) is 4.98 Å². The molecular weight excluding hydrogens is 397 g/mol. The Kier molecular flexibility index (Phi) is 6.86.